The number of hydrogen-bond donors (Lipinski definition) is 2. The van der Waals surface area contributed by atoms with E-state index in [2.05, 4.69) is 16.8 Å². The number of aryl methyl sites for hydroxylation is 1. The van der Waals surface area contributed by atoms with Gasteiger partial charge >= 0.3 is 0 Å². The summed E-state index contributed by atoms with van der Waals surface area (Å²) in [6.45, 7) is 3.34. The van der Waals surface area contributed by atoms with Gasteiger partial charge in [-0.2, -0.15) is 0 Å². The number of aromatic nitrogens is 1. The van der Waals surface area contributed by atoms with Crippen LogP contribution in [0.3, 0.4) is 0 Å². The molecule has 5 nitrogen and oxygen atoms in total. The van der Waals surface area contributed by atoms with E-state index in [1.54, 1.807) is 6.07 Å². The summed E-state index contributed by atoms with van der Waals surface area (Å²) >= 11 is 0. The highest BCUT2D eigenvalue weighted by atomic mass is 16.5. The number of carbonyl (C=O) groups excluding carboxylic acids is 1. The number of phenolic OH excluding ortho intramolecular Hbond substituents is 1. The highest BCUT2D eigenvalue weighted by molar-refractivity contribution is 5.98. The van der Waals surface area contributed by atoms with Crippen molar-refractivity contribution in [1.29, 1.82) is 0 Å². The maximum atomic E-state index is 12.7. The van der Waals surface area contributed by atoms with Crippen LogP contribution in [0.4, 0.5) is 0 Å². The number of nitrogens with zero attached hydrogens (tertiary/aromatic N) is 1. The third kappa shape index (κ3) is 3.52. The molecule has 0 fully saturated rings. The molecule has 26 heavy (non-hydrogen) atoms. The molecule has 5 heteroatoms. The van der Waals surface area contributed by atoms with Crippen LogP contribution in [0.5, 0.6) is 11.5 Å². The minimum atomic E-state index is -0.1000. The maximum absolute atomic E-state index is 12.7. The van der Waals surface area contributed by atoms with Gasteiger partial charge in [0.25, 0.3) is 5.91 Å². The van der Waals surface area contributed by atoms with Gasteiger partial charge in [0, 0.05) is 24.0 Å². The summed E-state index contributed by atoms with van der Waals surface area (Å²) in [5, 5.41) is 14.2. The molecule has 0 bridgehead atoms. The van der Waals surface area contributed by atoms with Crippen molar-refractivity contribution in [3.05, 3.63) is 59.8 Å². The van der Waals surface area contributed by atoms with Crippen molar-refractivity contribution < 1.29 is 14.6 Å². The Bertz CT molecular complexity index is 915. The second-order valence-electron chi connectivity index (χ2n) is 6.21. The fraction of sp³-hybridized carbons (Fsp3) is 0.286. The first kappa shape index (κ1) is 17.9. The minimum absolute atomic E-state index is 0.1000. The minimum Gasteiger partial charge on any atom is -0.504 e. The number of hydrogen-bond acceptors (Lipinski definition) is 3. The molecule has 0 spiro atoms. The fourth-order valence-electron chi connectivity index (χ4n) is 3.20. The average Bonchev–Trinajstić information content (AvgIpc) is 3.02. The molecule has 136 valence electrons. The summed E-state index contributed by atoms with van der Waals surface area (Å²) in [5.74, 6) is 0.471. The van der Waals surface area contributed by atoms with E-state index in [0.717, 1.165) is 29.4 Å². The molecule has 2 N–H and O–H groups in total. The topological polar surface area (TPSA) is 63.5 Å². The first-order valence-corrected chi connectivity index (χ1v) is 8.87. The van der Waals surface area contributed by atoms with Crippen LogP contribution in [0.1, 0.15) is 29.4 Å². The first-order valence-electron chi connectivity index (χ1n) is 8.87. The SMILES string of the molecule is CCCn1c(C(=O)NCCc2cccc(OC)c2O)cc2ccccc21. The van der Waals surface area contributed by atoms with Gasteiger partial charge in [-0.25, -0.2) is 0 Å². The van der Waals surface area contributed by atoms with Crippen LogP contribution in [0, 0.1) is 0 Å². The molecular formula is C21H24N2O3. The molecule has 3 rings (SSSR count). The standard InChI is InChI=1S/C21H24N2O3/c1-3-13-23-17-9-5-4-7-16(17)14-18(23)21(25)22-12-11-15-8-6-10-19(26-2)20(15)24/h4-10,14,24H,3,11-13H2,1-2H3,(H,22,25). The fourth-order valence-corrected chi connectivity index (χ4v) is 3.20. The van der Waals surface area contributed by atoms with Crippen LogP contribution >= 0.6 is 0 Å². The molecule has 0 unspecified atom stereocenters. The Morgan fingerprint density at radius 2 is 2.00 bits per heavy atom. The van der Waals surface area contributed by atoms with Crippen molar-refractivity contribution in [2.75, 3.05) is 13.7 Å². The number of ether oxygens (including phenoxy) is 1. The van der Waals surface area contributed by atoms with Crippen molar-refractivity contribution in [2.45, 2.75) is 26.3 Å². The predicted molar refractivity (Wildman–Crippen MR) is 103 cm³/mol. The lowest BCUT2D eigenvalue weighted by Crippen LogP contribution is -2.28. The predicted octanol–water partition coefficient (Wildman–Crippen LogP) is 3.74. The summed E-state index contributed by atoms with van der Waals surface area (Å²) < 4.78 is 7.18. The number of nitrogens with one attached hydrogen (secondary N) is 1. The number of benzene rings is 2. The van der Waals surface area contributed by atoms with Gasteiger partial charge in [0.2, 0.25) is 0 Å². The quantitative estimate of drug-likeness (QED) is 0.681. The van der Waals surface area contributed by atoms with Crippen molar-refractivity contribution in [3.63, 3.8) is 0 Å². The monoisotopic (exact) mass is 352 g/mol. The van der Waals surface area contributed by atoms with E-state index in [0.29, 0.717) is 24.4 Å². The molecule has 1 aromatic heterocycles. The lowest BCUT2D eigenvalue weighted by atomic mass is 10.1. The number of rotatable bonds is 7. The number of methoxy groups -OCH3 is 1. The van der Waals surface area contributed by atoms with E-state index >= 15 is 0 Å². The van der Waals surface area contributed by atoms with Gasteiger partial charge in [0.15, 0.2) is 11.5 Å². The van der Waals surface area contributed by atoms with Crippen LogP contribution in [-0.4, -0.2) is 29.2 Å². The van der Waals surface area contributed by atoms with E-state index in [1.165, 1.54) is 7.11 Å². The van der Waals surface area contributed by atoms with Gasteiger partial charge in [-0.3, -0.25) is 4.79 Å². The third-order valence-corrected chi connectivity index (χ3v) is 4.47. The Kier molecular flexibility index (Phi) is 5.46. The summed E-state index contributed by atoms with van der Waals surface area (Å²) in [6, 6.07) is 15.3. The Labute approximate surface area is 153 Å². The van der Waals surface area contributed by atoms with E-state index in [4.69, 9.17) is 4.74 Å². The van der Waals surface area contributed by atoms with Crippen molar-refractivity contribution in [2.24, 2.45) is 0 Å². The molecule has 0 aliphatic rings. The van der Waals surface area contributed by atoms with Gasteiger partial charge in [0.1, 0.15) is 5.69 Å². The summed E-state index contributed by atoms with van der Waals surface area (Å²) in [4.78, 5) is 12.7. The Balaban J connectivity index is 1.73. The van der Waals surface area contributed by atoms with Gasteiger partial charge in [-0.1, -0.05) is 37.3 Å². The zero-order valence-corrected chi connectivity index (χ0v) is 15.2. The number of phenols is 1. The highest BCUT2D eigenvalue weighted by Gasteiger charge is 2.15. The smallest absolute Gasteiger partial charge is 0.267 e. The molecule has 0 saturated carbocycles. The number of para-hydroxylation sites is 2. The number of aromatic hydroxyl groups is 1. The molecule has 3 aromatic rings. The lowest BCUT2D eigenvalue weighted by molar-refractivity contribution is 0.0945. The van der Waals surface area contributed by atoms with Gasteiger partial charge in [0.05, 0.1) is 7.11 Å². The molecule has 1 amide bonds. The van der Waals surface area contributed by atoms with Crippen molar-refractivity contribution in [1.82, 2.24) is 9.88 Å². The zero-order valence-electron chi connectivity index (χ0n) is 15.2. The van der Waals surface area contributed by atoms with Crippen molar-refractivity contribution in [3.8, 4) is 11.5 Å². The molecule has 0 aliphatic heterocycles. The Morgan fingerprint density at radius 3 is 2.77 bits per heavy atom. The van der Waals surface area contributed by atoms with Crippen LogP contribution in [0.2, 0.25) is 0 Å². The van der Waals surface area contributed by atoms with E-state index in [9.17, 15) is 9.90 Å². The average molecular weight is 352 g/mol. The lowest BCUT2D eigenvalue weighted by Gasteiger charge is -2.11. The van der Waals surface area contributed by atoms with E-state index < -0.39 is 0 Å². The molecule has 0 radical (unpaired) electrons. The molecule has 0 aliphatic carbocycles. The van der Waals surface area contributed by atoms with E-state index in [1.807, 2.05) is 42.5 Å². The zero-order chi connectivity index (χ0) is 18.5. The van der Waals surface area contributed by atoms with Crippen LogP contribution in [-0.2, 0) is 13.0 Å². The third-order valence-electron chi connectivity index (χ3n) is 4.47. The summed E-state index contributed by atoms with van der Waals surface area (Å²) in [6.07, 6.45) is 1.49. The van der Waals surface area contributed by atoms with Gasteiger partial charge in [-0.15, -0.1) is 0 Å². The molecule has 2 aromatic carbocycles. The normalized spacial score (nSPS) is 10.8. The Morgan fingerprint density at radius 1 is 1.19 bits per heavy atom. The van der Waals surface area contributed by atoms with Crippen LogP contribution in [0.15, 0.2) is 48.5 Å². The largest absolute Gasteiger partial charge is 0.504 e. The molecule has 0 saturated heterocycles. The number of fused-ring (bicyclic) bond motifs is 1. The van der Waals surface area contributed by atoms with Crippen LogP contribution in [0.25, 0.3) is 10.9 Å². The number of carbonyl (C=O) groups is 1. The van der Waals surface area contributed by atoms with Crippen molar-refractivity contribution >= 4 is 16.8 Å². The summed E-state index contributed by atoms with van der Waals surface area (Å²) in [5.41, 5.74) is 2.49. The number of amides is 1. The van der Waals surface area contributed by atoms with E-state index in [-0.39, 0.29) is 11.7 Å². The van der Waals surface area contributed by atoms with Gasteiger partial charge in [-0.05, 0) is 36.6 Å². The molecular weight excluding hydrogens is 328 g/mol. The first-order chi connectivity index (χ1) is 12.7. The molecule has 0 atom stereocenters. The summed E-state index contributed by atoms with van der Waals surface area (Å²) in [7, 11) is 1.52. The highest BCUT2D eigenvalue weighted by Crippen LogP contribution is 2.29. The second-order valence-corrected chi connectivity index (χ2v) is 6.21. The molecule has 1 heterocycles. The maximum Gasteiger partial charge on any atom is 0.267 e. The Hall–Kier alpha value is -2.95. The second kappa shape index (κ2) is 7.95. The van der Waals surface area contributed by atoms with Gasteiger partial charge < -0.3 is 19.7 Å². The van der Waals surface area contributed by atoms with Crippen LogP contribution < -0.4 is 10.1 Å².